The van der Waals surface area contributed by atoms with Crippen LogP contribution < -0.4 is 10.2 Å². The summed E-state index contributed by atoms with van der Waals surface area (Å²) in [5.41, 5.74) is 3.46. The SMILES string of the molecule is CN1C(=O)CC(CC2=CC=C(Cl)CC2)c2nnc3cc(-c4ccnc(Nc5ccnn5C)n4)cc1n23. The first kappa shape index (κ1) is 22.4. The van der Waals surface area contributed by atoms with Gasteiger partial charge in [0.2, 0.25) is 11.9 Å². The van der Waals surface area contributed by atoms with E-state index >= 15 is 0 Å². The number of carbonyl (C=O) groups is 1. The van der Waals surface area contributed by atoms with E-state index in [9.17, 15) is 4.79 Å². The molecule has 1 unspecified atom stereocenters. The minimum absolute atomic E-state index is 0.0372. The third-order valence-electron chi connectivity index (χ3n) is 6.72. The van der Waals surface area contributed by atoms with Crippen molar-refractivity contribution in [2.24, 2.45) is 7.05 Å². The van der Waals surface area contributed by atoms with Gasteiger partial charge in [-0.25, -0.2) is 9.97 Å². The van der Waals surface area contributed by atoms with Crippen LogP contribution in [0.5, 0.6) is 0 Å². The first-order valence-electron chi connectivity index (χ1n) is 11.7. The number of nitrogens with zero attached hydrogens (tertiary/aromatic N) is 8. The summed E-state index contributed by atoms with van der Waals surface area (Å²) in [5.74, 6) is 2.71. The van der Waals surface area contributed by atoms with Gasteiger partial charge in [0.15, 0.2) is 5.65 Å². The van der Waals surface area contributed by atoms with Gasteiger partial charge >= 0.3 is 0 Å². The number of allylic oxidation sites excluding steroid dienone is 4. The molecule has 1 aliphatic carbocycles. The molecule has 6 rings (SSSR count). The average Bonchev–Trinajstić information content (AvgIpc) is 3.47. The summed E-state index contributed by atoms with van der Waals surface area (Å²) in [4.78, 5) is 23.9. The van der Waals surface area contributed by atoms with Crippen LogP contribution in [0, 0.1) is 0 Å². The third kappa shape index (κ3) is 4.03. The topological polar surface area (TPSA) is 106 Å². The highest BCUT2D eigenvalue weighted by Gasteiger charge is 2.31. The van der Waals surface area contributed by atoms with Crippen LogP contribution >= 0.6 is 11.6 Å². The molecule has 0 saturated heterocycles. The summed E-state index contributed by atoms with van der Waals surface area (Å²) < 4.78 is 3.69. The lowest BCUT2D eigenvalue weighted by Crippen LogP contribution is -2.27. The molecule has 36 heavy (non-hydrogen) atoms. The monoisotopic (exact) mass is 501 g/mol. The number of carbonyl (C=O) groups excluding carboxylic acids is 1. The molecule has 0 aromatic carbocycles. The molecule has 10 nitrogen and oxygen atoms in total. The maximum Gasteiger partial charge on any atom is 0.228 e. The first-order valence-corrected chi connectivity index (χ1v) is 12.1. The Morgan fingerprint density at radius 3 is 2.78 bits per heavy atom. The Hall–Kier alpha value is -4.05. The third-order valence-corrected chi connectivity index (χ3v) is 7.04. The number of anilines is 3. The molecule has 0 radical (unpaired) electrons. The summed E-state index contributed by atoms with van der Waals surface area (Å²) in [7, 11) is 3.64. The van der Waals surface area contributed by atoms with Crippen LogP contribution in [0.25, 0.3) is 16.9 Å². The van der Waals surface area contributed by atoms with E-state index in [1.165, 1.54) is 5.57 Å². The number of amides is 1. The Balaban J connectivity index is 1.39. The number of nitrogens with one attached hydrogen (secondary N) is 1. The van der Waals surface area contributed by atoms with E-state index in [2.05, 4.69) is 36.7 Å². The van der Waals surface area contributed by atoms with Gasteiger partial charge in [-0.1, -0.05) is 23.3 Å². The summed E-state index contributed by atoms with van der Waals surface area (Å²) >= 11 is 6.14. The lowest BCUT2D eigenvalue weighted by Gasteiger charge is -2.18. The van der Waals surface area contributed by atoms with E-state index < -0.39 is 0 Å². The fraction of sp³-hybridized carbons (Fsp3) is 0.280. The second kappa shape index (κ2) is 8.87. The molecule has 4 aromatic heterocycles. The molecule has 1 amide bonds. The average molecular weight is 502 g/mol. The van der Waals surface area contributed by atoms with Crippen molar-refractivity contribution in [3.05, 3.63) is 65.2 Å². The Kier molecular flexibility index (Phi) is 5.52. The fourth-order valence-corrected chi connectivity index (χ4v) is 4.90. The van der Waals surface area contributed by atoms with Gasteiger partial charge in [-0.05, 0) is 43.5 Å². The van der Waals surface area contributed by atoms with Crippen molar-refractivity contribution in [1.82, 2.24) is 34.3 Å². The summed E-state index contributed by atoms with van der Waals surface area (Å²) in [6.07, 6.45) is 10.3. The van der Waals surface area contributed by atoms with Crippen molar-refractivity contribution < 1.29 is 4.79 Å². The van der Waals surface area contributed by atoms with Gasteiger partial charge in [0, 0.05) is 49.3 Å². The highest BCUT2D eigenvalue weighted by molar-refractivity contribution is 6.29. The highest BCUT2D eigenvalue weighted by Crippen LogP contribution is 2.37. The van der Waals surface area contributed by atoms with E-state index in [4.69, 9.17) is 11.6 Å². The van der Waals surface area contributed by atoms with Gasteiger partial charge in [0.05, 0.1) is 11.9 Å². The normalized spacial score (nSPS) is 17.7. The predicted octanol–water partition coefficient (Wildman–Crippen LogP) is 4.35. The van der Waals surface area contributed by atoms with Crippen LogP contribution in [0.1, 0.15) is 37.4 Å². The zero-order chi connectivity index (χ0) is 24.8. The van der Waals surface area contributed by atoms with Crippen LogP contribution in [0.15, 0.2) is 59.4 Å². The fourth-order valence-electron chi connectivity index (χ4n) is 4.74. The van der Waals surface area contributed by atoms with Crippen LogP contribution in [0.4, 0.5) is 17.6 Å². The molecule has 11 heteroatoms. The maximum atomic E-state index is 13.2. The van der Waals surface area contributed by atoms with Crippen LogP contribution in [0.2, 0.25) is 0 Å². The number of hydrogen-bond donors (Lipinski definition) is 1. The Morgan fingerprint density at radius 1 is 1.11 bits per heavy atom. The second-order valence-corrected chi connectivity index (χ2v) is 9.57. The summed E-state index contributed by atoms with van der Waals surface area (Å²) in [6.45, 7) is 0. The van der Waals surface area contributed by atoms with Gasteiger partial charge in [-0.15, -0.1) is 10.2 Å². The van der Waals surface area contributed by atoms with Crippen molar-refractivity contribution in [2.75, 3.05) is 17.3 Å². The van der Waals surface area contributed by atoms with E-state index in [1.807, 2.05) is 41.8 Å². The summed E-state index contributed by atoms with van der Waals surface area (Å²) in [6, 6.07) is 7.58. The minimum Gasteiger partial charge on any atom is -0.309 e. The summed E-state index contributed by atoms with van der Waals surface area (Å²) in [5, 5.41) is 17.2. The molecule has 4 aromatic rings. The zero-order valence-electron chi connectivity index (χ0n) is 19.9. The molecule has 0 bridgehead atoms. The lowest BCUT2D eigenvalue weighted by molar-refractivity contribution is -0.118. The van der Waals surface area contributed by atoms with Crippen LogP contribution in [-0.2, 0) is 11.8 Å². The minimum atomic E-state index is -0.0627. The molecule has 2 aliphatic rings. The number of hydrogen-bond acceptors (Lipinski definition) is 7. The van der Waals surface area contributed by atoms with E-state index in [0.29, 0.717) is 23.7 Å². The Morgan fingerprint density at radius 2 is 2.00 bits per heavy atom. The quantitative estimate of drug-likeness (QED) is 0.433. The number of halogens is 1. The van der Waals surface area contributed by atoms with Crippen LogP contribution in [0.3, 0.4) is 0 Å². The molecule has 0 saturated carbocycles. The molecule has 5 heterocycles. The smallest absolute Gasteiger partial charge is 0.228 e. The van der Waals surface area contributed by atoms with E-state index in [0.717, 1.165) is 47.3 Å². The Bertz CT molecular complexity index is 1550. The standard InChI is InChI=1S/C25H24ClN9O/c1-33-22-13-16(19-7-9-27-25(29-19)30-20-8-10-28-34(20)2)12-21-31-32-24(35(21)22)17(14-23(33)36)11-15-3-5-18(26)6-4-15/h3,5,7-10,12-13,17H,4,6,11,14H2,1-2H3,(H,27,29,30). The van der Waals surface area contributed by atoms with Gasteiger partial charge in [0.1, 0.15) is 17.5 Å². The van der Waals surface area contributed by atoms with E-state index in [-0.39, 0.29) is 11.8 Å². The number of rotatable bonds is 5. The molecule has 1 atom stereocenters. The zero-order valence-corrected chi connectivity index (χ0v) is 20.6. The number of aromatic nitrogens is 7. The molecular weight excluding hydrogens is 478 g/mol. The van der Waals surface area contributed by atoms with Crippen molar-refractivity contribution in [1.29, 1.82) is 0 Å². The highest BCUT2D eigenvalue weighted by atomic mass is 35.5. The van der Waals surface area contributed by atoms with Gasteiger partial charge in [-0.3, -0.25) is 13.9 Å². The number of pyridine rings is 1. The predicted molar refractivity (Wildman–Crippen MR) is 137 cm³/mol. The maximum absolute atomic E-state index is 13.2. The largest absolute Gasteiger partial charge is 0.309 e. The lowest BCUT2D eigenvalue weighted by atomic mass is 9.91. The van der Waals surface area contributed by atoms with Gasteiger partial charge in [0.25, 0.3) is 0 Å². The molecule has 0 spiro atoms. The van der Waals surface area contributed by atoms with Crippen molar-refractivity contribution in [3.63, 3.8) is 0 Å². The van der Waals surface area contributed by atoms with Crippen molar-refractivity contribution in [2.45, 2.75) is 31.6 Å². The molecule has 182 valence electrons. The Labute approximate surface area is 212 Å². The van der Waals surface area contributed by atoms with E-state index in [1.54, 1.807) is 29.0 Å². The number of aryl methyl sites for hydroxylation is 1. The molecule has 0 fully saturated rings. The van der Waals surface area contributed by atoms with Gasteiger partial charge < -0.3 is 10.2 Å². The first-order chi connectivity index (χ1) is 17.5. The molecule has 1 N–H and O–H groups in total. The van der Waals surface area contributed by atoms with Gasteiger partial charge in [-0.2, -0.15) is 5.10 Å². The second-order valence-electron chi connectivity index (χ2n) is 9.08. The molecule has 1 aliphatic heterocycles. The van der Waals surface area contributed by atoms with Crippen LogP contribution in [-0.4, -0.2) is 47.3 Å². The van der Waals surface area contributed by atoms with Crippen molar-refractivity contribution >= 4 is 40.7 Å². The van der Waals surface area contributed by atoms with Crippen molar-refractivity contribution in [3.8, 4) is 11.3 Å². The molecular formula is C25H24ClN9O.